The monoisotopic (exact) mass is 578 g/mol. The van der Waals surface area contributed by atoms with Crippen LogP contribution in [-0.4, -0.2) is 35.4 Å². The standard InChI is InChI=1S/C24H21ClF2N6O5S/c1-12-3-5-14(6-4-12)39(36,37)29-11-22-30-13(2)20(38-22)10-28-24(35)19-9-21(33-32-19)31-23(34)15-7-17(26)18(27)8-16(15)25/h3-9,29H,10-11H2,1-2H3,(H,28,35)(H2,31,32,33,34). The van der Waals surface area contributed by atoms with Crippen LogP contribution in [0.5, 0.6) is 0 Å². The van der Waals surface area contributed by atoms with E-state index in [1.54, 1.807) is 19.1 Å². The molecule has 0 saturated carbocycles. The molecule has 0 atom stereocenters. The minimum atomic E-state index is -3.78. The van der Waals surface area contributed by atoms with Crippen molar-refractivity contribution in [2.24, 2.45) is 0 Å². The van der Waals surface area contributed by atoms with Crippen LogP contribution in [0.25, 0.3) is 0 Å². The van der Waals surface area contributed by atoms with Crippen LogP contribution in [0.15, 0.2) is 51.8 Å². The maximum Gasteiger partial charge on any atom is 0.272 e. The third-order valence-electron chi connectivity index (χ3n) is 5.40. The molecule has 0 radical (unpaired) electrons. The number of nitrogens with zero attached hydrogens (tertiary/aromatic N) is 2. The highest BCUT2D eigenvalue weighted by Crippen LogP contribution is 2.21. The summed E-state index contributed by atoms with van der Waals surface area (Å²) in [6, 6.07) is 8.89. The number of aromatic nitrogens is 3. The second-order valence-electron chi connectivity index (χ2n) is 8.30. The van der Waals surface area contributed by atoms with Gasteiger partial charge in [-0.3, -0.25) is 14.7 Å². The van der Waals surface area contributed by atoms with Gasteiger partial charge < -0.3 is 15.1 Å². The number of rotatable bonds is 9. The molecule has 0 fully saturated rings. The van der Waals surface area contributed by atoms with Crippen molar-refractivity contribution in [1.29, 1.82) is 0 Å². The molecule has 204 valence electrons. The predicted molar refractivity (Wildman–Crippen MR) is 136 cm³/mol. The lowest BCUT2D eigenvalue weighted by Gasteiger charge is -2.05. The number of aryl methyl sites for hydroxylation is 2. The van der Waals surface area contributed by atoms with E-state index in [1.807, 2.05) is 6.92 Å². The Kier molecular flexibility index (Phi) is 8.09. The largest absolute Gasteiger partial charge is 0.442 e. The number of H-pyrrole nitrogens is 1. The van der Waals surface area contributed by atoms with Crippen molar-refractivity contribution in [3.63, 3.8) is 0 Å². The fraction of sp³-hybridized carbons (Fsp3) is 0.167. The van der Waals surface area contributed by atoms with Crippen molar-refractivity contribution < 1.29 is 31.2 Å². The number of sulfonamides is 1. The third kappa shape index (κ3) is 6.66. The van der Waals surface area contributed by atoms with E-state index < -0.39 is 33.5 Å². The fourth-order valence-electron chi connectivity index (χ4n) is 3.32. The van der Waals surface area contributed by atoms with Gasteiger partial charge in [-0.15, -0.1) is 0 Å². The number of benzene rings is 2. The summed E-state index contributed by atoms with van der Waals surface area (Å²) in [5.41, 5.74) is 0.962. The molecule has 4 aromatic rings. The Morgan fingerprint density at radius 2 is 1.72 bits per heavy atom. The van der Waals surface area contributed by atoms with Gasteiger partial charge in [-0.2, -0.15) is 5.10 Å². The SMILES string of the molecule is Cc1ccc(S(=O)(=O)NCc2nc(C)c(CNC(=O)c3cc(NC(=O)c4cc(F)c(F)cc4Cl)[nH]n3)o2)cc1. The Bertz CT molecular complexity index is 1650. The maximum absolute atomic E-state index is 13.5. The average Bonchev–Trinajstić information content (AvgIpc) is 3.50. The van der Waals surface area contributed by atoms with Crippen LogP contribution >= 0.6 is 11.6 Å². The number of halogens is 3. The average molecular weight is 579 g/mol. The van der Waals surface area contributed by atoms with Gasteiger partial charge in [0.25, 0.3) is 11.8 Å². The van der Waals surface area contributed by atoms with Crippen molar-refractivity contribution in [1.82, 2.24) is 25.2 Å². The molecule has 4 rings (SSSR count). The number of amides is 2. The second kappa shape index (κ2) is 11.3. The minimum absolute atomic E-state index is 0.00458. The number of anilines is 1. The number of oxazole rings is 1. The number of nitrogens with one attached hydrogen (secondary N) is 4. The summed E-state index contributed by atoms with van der Waals surface area (Å²) in [7, 11) is -3.78. The van der Waals surface area contributed by atoms with E-state index >= 15 is 0 Å². The van der Waals surface area contributed by atoms with E-state index in [-0.39, 0.29) is 46.0 Å². The zero-order chi connectivity index (χ0) is 28.3. The molecule has 0 unspecified atom stereocenters. The van der Waals surface area contributed by atoms with Crippen LogP contribution in [0.1, 0.15) is 43.8 Å². The molecule has 15 heteroatoms. The minimum Gasteiger partial charge on any atom is -0.442 e. The van der Waals surface area contributed by atoms with Crippen LogP contribution in [-0.2, 0) is 23.1 Å². The molecule has 11 nitrogen and oxygen atoms in total. The smallest absolute Gasteiger partial charge is 0.272 e. The van der Waals surface area contributed by atoms with Crippen LogP contribution < -0.4 is 15.4 Å². The van der Waals surface area contributed by atoms with Crippen LogP contribution in [0, 0.1) is 25.5 Å². The van der Waals surface area contributed by atoms with Gasteiger partial charge in [0, 0.05) is 6.07 Å². The summed E-state index contributed by atoms with van der Waals surface area (Å²) in [5.74, 6) is -3.52. The van der Waals surface area contributed by atoms with Gasteiger partial charge in [0.1, 0.15) is 11.6 Å². The zero-order valence-electron chi connectivity index (χ0n) is 20.4. The Balaban J connectivity index is 1.33. The van der Waals surface area contributed by atoms with Gasteiger partial charge in [0.05, 0.1) is 34.3 Å². The van der Waals surface area contributed by atoms with Crippen molar-refractivity contribution in [3.05, 3.63) is 93.3 Å². The van der Waals surface area contributed by atoms with E-state index in [4.69, 9.17) is 16.0 Å². The fourth-order valence-corrected chi connectivity index (χ4v) is 4.54. The summed E-state index contributed by atoms with van der Waals surface area (Å²) >= 11 is 5.80. The lowest BCUT2D eigenvalue weighted by molar-refractivity contribution is 0.0942. The number of hydrogen-bond donors (Lipinski definition) is 4. The van der Waals surface area contributed by atoms with E-state index in [2.05, 4.69) is 30.5 Å². The molecule has 4 N–H and O–H groups in total. The Labute approximate surface area is 226 Å². The molecular weight excluding hydrogens is 558 g/mol. The van der Waals surface area contributed by atoms with E-state index in [0.29, 0.717) is 23.6 Å². The highest BCUT2D eigenvalue weighted by molar-refractivity contribution is 7.89. The Morgan fingerprint density at radius 1 is 1.03 bits per heavy atom. The van der Waals surface area contributed by atoms with Gasteiger partial charge in [-0.25, -0.2) is 26.9 Å². The van der Waals surface area contributed by atoms with Crippen molar-refractivity contribution in [2.75, 3.05) is 5.32 Å². The van der Waals surface area contributed by atoms with Gasteiger partial charge in [-0.1, -0.05) is 29.3 Å². The molecule has 0 bridgehead atoms. The van der Waals surface area contributed by atoms with E-state index in [9.17, 15) is 26.8 Å². The van der Waals surface area contributed by atoms with E-state index in [1.165, 1.54) is 18.2 Å². The highest BCUT2D eigenvalue weighted by Gasteiger charge is 2.19. The quantitative estimate of drug-likeness (QED) is 0.221. The molecule has 2 aromatic heterocycles. The molecule has 0 spiro atoms. The first-order valence-corrected chi connectivity index (χ1v) is 13.1. The first kappa shape index (κ1) is 27.9. The lowest BCUT2D eigenvalue weighted by Crippen LogP contribution is -2.23. The molecule has 39 heavy (non-hydrogen) atoms. The van der Waals surface area contributed by atoms with Crippen LogP contribution in [0.4, 0.5) is 14.6 Å². The summed E-state index contributed by atoms with van der Waals surface area (Å²) in [6.07, 6.45) is 0. The Morgan fingerprint density at radius 3 is 2.44 bits per heavy atom. The van der Waals surface area contributed by atoms with Crippen LogP contribution in [0.2, 0.25) is 5.02 Å². The summed E-state index contributed by atoms with van der Waals surface area (Å²) in [4.78, 5) is 29.1. The lowest BCUT2D eigenvalue weighted by atomic mass is 10.2. The second-order valence-corrected chi connectivity index (χ2v) is 10.5. The molecular formula is C24H21ClF2N6O5S. The molecule has 0 aliphatic rings. The zero-order valence-corrected chi connectivity index (χ0v) is 22.0. The highest BCUT2D eigenvalue weighted by atomic mass is 35.5. The summed E-state index contributed by atoms with van der Waals surface area (Å²) in [5, 5.41) is 10.9. The number of aromatic amines is 1. The molecule has 0 aliphatic heterocycles. The number of carbonyl (C=O) groups is 2. The van der Waals surface area contributed by atoms with Crippen molar-refractivity contribution in [2.45, 2.75) is 31.8 Å². The number of carbonyl (C=O) groups excluding carboxylic acids is 2. The molecule has 0 aliphatic carbocycles. The van der Waals surface area contributed by atoms with Gasteiger partial charge in [-0.05, 0) is 38.1 Å². The van der Waals surface area contributed by atoms with E-state index in [0.717, 1.165) is 5.56 Å². The normalized spacial score (nSPS) is 11.4. The number of hydrogen-bond acceptors (Lipinski definition) is 7. The predicted octanol–water partition coefficient (Wildman–Crippen LogP) is 3.61. The summed E-state index contributed by atoms with van der Waals surface area (Å²) in [6.45, 7) is 3.20. The summed E-state index contributed by atoms with van der Waals surface area (Å²) < 4.78 is 59.6. The topological polar surface area (TPSA) is 159 Å². The molecule has 2 aromatic carbocycles. The molecule has 2 amide bonds. The van der Waals surface area contributed by atoms with Crippen LogP contribution in [0.3, 0.4) is 0 Å². The first-order valence-electron chi connectivity index (χ1n) is 11.2. The Hall–Kier alpha value is -4.14. The van der Waals surface area contributed by atoms with Crippen molar-refractivity contribution >= 4 is 39.3 Å². The third-order valence-corrected chi connectivity index (χ3v) is 7.13. The molecule has 0 saturated heterocycles. The van der Waals surface area contributed by atoms with Gasteiger partial charge in [0.2, 0.25) is 15.9 Å². The van der Waals surface area contributed by atoms with Gasteiger partial charge in [0.15, 0.2) is 17.3 Å². The maximum atomic E-state index is 13.5. The first-order chi connectivity index (χ1) is 18.4. The van der Waals surface area contributed by atoms with Gasteiger partial charge >= 0.3 is 0 Å². The molecule has 2 heterocycles. The van der Waals surface area contributed by atoms with Crippen molar-refractivity contribution in [3.8, 4) is 0 Å².